The van der Waals surface area contributed by atoms with E-state index in [2.05, 4.69) is 5.32 Å². The van der Waals surface area contributed by atoms with Gasteiger partial charge in [-0.1, -0.05) is 12.1 Å². The third-order valence-corrected chi connectivity index (χ3v) is 5.01. The van der Waals surface area contributed by atoms with Gasteiger partial charge in [0.25, 0.3) is 11.8 Å². The van der Waals surface area contributed by atoms with Gasteiger partial charge in [-0.2, -0.15) is 0 Å². The minimum absolute atomic E-state index is 0. The Kier molecular flexibility index (Phi) is 5.44. The van der Waals surface area contributed by atoms with Crippen molar-refractivity contribution < 1.29 is 56.9 Å². The van der Waals surface area contributed by atoms with Gasteiger partial charge in [-0.15, -0.1) is 0 Å². The van der Waals surface area contributed by atoms with E-state index in [-0.39, 0.29) is 58.1 Å². The molecular weight excluding hydrogens is 363 g/mol. The molecule has 2 aliphatic rings. The van der Waals surface area contributed by atoms with Crippen LogP contribution < -0.4 is 40.6 Å². The number of primary amides is 1. The maximum Gasteiger partial charge on any atom is 1.00 e. The van der Waals surface area contributed by atoms with Crippen molar-refractivity contribution in [2.75, 3.05) is 11.9 Å². The van der Waals surface area contributed by atoms with Crippen LogP contribution in [0, 0.1) is 0 Å². The average Bonchev–Trinajstić information content (AvgIpc) is 2.84. The van der Waals surface area contributed by atoms with Crippen molar-refractivity contribution in [2.24, 2.45) is 5.73 Å². The summed E-state index contributed by atoms with van der Waals surface area (Å²) in [6, 6.07) is 3.58. The summed E-state index contributed by atoms with van der Waals surface area (Å²) in [5.74, 6) is -1.65. The molecule has 12 heteroatoms. The van der Waals surface area contributed by atoms with Crippen molar-refractivity contribution in [1.29, 1.82) is 0 Å². The van der Waals surface area contributed by atoms with E-state index in [1.807, 2.05) is 0 Å². The molecule has 25 heavy (non-hydrogen) atoms. The van der Waals surface area contributed by atoms with Crippen LogP contribution in [0.2, 0.25) is 0 Å². The maximum absolute atomic E-state index is 12.3. The normalized spacial score (nSPS) is 21.9. The Balaban J connectivity index is 0.00000225. The summed E-state index contributed by atoms with van der Waals surface area (Å²) in [5.41, 5.74) is 5.51. The molecule has 3 N–H and O–H groups in total. The first-order valence-electron chi connectivity index (χ1n) is 6.97. The van der Waals surface area contributed by atoms with Crippen LogP contribution in [-0.2, 0) is 15.1 Å². The molecule has 0 aliphatic carbocycles. The zero-order valence-electron chi connectivity index (χ0n) is 13.2. The molecule has 128 valence electrons. The van der Waals surface area contributed by atoms with Crippen molar-refractivity contribution in [3.63, 3.8) is 0 Å². The predicted octanol–water partition coefficient (Wildman–Crippen LogP) is -3.93. The van der Waals surface area contributed by atoms with E-state index in [1.54, 1.807) is 12.1 Å². The number of fused-ring (bicyclic) bond motifs is 1. The summed E-state index contributed by atoms with van der Waals surface area (Å²) in [6.07, 6.45) is 0.183. The van der Waals surface area contributed by atoms with E-state index in [4.69, 9.17) is 5.73 Å². The number of carbonyl (C=O) groups is 3. The summed E-state index contributed by atoms with van der Waals surface area (Å²) in [5, 5.41) is 2.48. The van der Waals surface area contributed by atoms with Gasteiger partial charge in [0, 0.05) is 6.54 Å². The van der Waals surface area contributed by atoms with E-state index in [1.165, 1.54) is 12.1 Å². The Hall–Kier alpha value is -1.66. The summed E-state index contributed by atoms with van der Waals surface area (Å²) in [7, 11) is -4.88. The Bertz CT molecular complexity index is 845. The zero-order valence-corrected chi connectivity index (χ0v) is 16.0. The number of β-lactam (4-membered cyclic amide) rings is 1. The number of urea groups is 1. The van der Waals surface area contributed by atoms with Crippen LogP contribution >= 0.6 is 0 Å². The van der Waals surface area contributed by atoms with Crippen molar-refractivity contribution in [2.45, 2.75) is 18.5 Å². The molecule has 0 unspecified atom stereocenters. The van der Waals surface area contributed by atoms with E-state index in [0.29, 0.717) is 0 Å². The monoisotopic (exact) mass is 376 g/mol. The SMILES string of the molecule is NC(=O)c1ccccc1NC(=O)N1CC[C@@H]2[C@H]1C(=O)N2S(=O)(=O)[O-].[Na+]. The maximum atomic E-state index is 12.3. The number of likely N-dealkylation sites (tertiary alicyclic amines) is 1. The van der Waals surface area contributed by atoms with E-state index in [0.717, 1.165) is 4.90 Å². The number of hydrogen-bond acceptors (Lipinski definition) is 6. The molecule has 0 radical (unpaired) electrons. The summed E-state index contributed by atoms with van der Waals surface area (Å²) < 4.78 is 33.4. The molecule has 2 fully saturated rings. The number of amides is 4. The Labute approximate surface area is 165 Å². The van der Waals surface area contributed by atoms with Crippen LogP contribution in [0.5, 0.6) is 0 Å². The van der Waals surface area contributed by atoms with Gasteiger partial charge in [0.05, 0.1) is 17.3 Å². The van der Waals surface area contributed by atoms with Gasteiger partial charge in [-0.25, -0.2) is 17.5 Å². The fraction of sp³-hybridized carbons (Fsp3) is 0.308. The predicted molar refractivity (Wildman–Crippen MR) is 79.4 cm³/mol. The Morgan fingerprint density at radius 1 is 1.28 bits per heavy atom. The fourth-order valence-corrected chi connectivity index (χ4v) is 3.91. The molecule has 2 heterocycles. The van der Waals surface area contributed by atoms with Crippen LogP contribution in [0.15, 0.2) is 24.3 Å². The van der Waals surface area contributed by atoms with Gasteiger partial charge in [-0.05, 0) is 18.6 Å². The second-order valence-corrected chi connectivity index (χ2v) is 6.67. The number of carbonyl (C=O) groups excluding carboxylic acids is 3. The molecule has 1 aromatic rings. The number of nitrogens with one attached hydrogen (secondary N) is 1. The van der Waals surface area contributed by atoms with Gasteiger partial charge >= 0.3 is 35.6 Å². The number of hydrogen-bond donors (Lipinski definition) is 2. The van der Waals surface area contributed by atoms with Crippen molar-refractivity contribution in [3.05, 3.63) is 29.8 Å². The van der Waals surface area contributed by atoms with E-state index in [9.17, 15) is 27.4 Å². The van der Waals surface area contributed by atoms with Gasteiger partial charge in [0.2, 0.25) is 0 Å². The van der Waals surface area contributed by atoms with Gasteiger partial charge in [0.15, 0.2) is 10.3 Å². The minimum Gasteiger partial charge on any atom is -0.731 e. The Morgan fingerprint density at radius 3 is 2.52 bits per heavy atom. The van der Waals surface area contributed by atoms with Crippen LogP contribution in [0.3, 0.4) is 0 Å². The first-order chi connectivity index (χ1) is 11.2. The molecule has 0 bridgehead atoms. The quantitative estimate of drug-likeness (QED) is 0.312. The van der Waals surface area contributed by atoms with Crippen molar-refractivity contribution in [1.82, 2.24) is 9.21 Å². The van der Waals surface area contributed by atoms with Gasteiger partial charge in [0.1, 0.15) is 6.04 Å². The fourth-order valence-electron chi connectivity index (χ4n) is 3.03. The van der Waals surface area contributed by atoms with Gasteiger partial charge in [-0.3, -0.25) is 9.59 Å². The minimum atomic E-state index is -4.88. The molecule has 0 spiro atoms. The molecule has 2 aliphatic heterocycles. The summed E-state index contributed by atoms with van der Waals surface area (Å²) >= 11 is 0. The van der Waals surface area contributed by atoms with Crippen molar-refractivity contribution >= 4 is 33.8 Å². The number of anilines is 1. The first-order valence-corrected chi connectivity index (χ1v) is 8.34. The van der Waals surface area contributed by atoms with Crippen LogP contribution in [0.1, 0.15) is 16.8 Å². The van der Waals surface area contributed by atoms with E-state index < -0.39 is 40.2 Å². The largest absolute Gasteiger partial charge is 1.00 e. The third kappa shape index (κ3) is 3.37. The van der Waals surface area contributed by atoms with E-state index >= 15 is 0 Å². The summed E-state index contributed by atoms with van der Waals surface area (Å²) in [4.78, 5) is 36.7. The molecule has 10 nitrogen and oxygen atoms in total. The van der Waals surface area contributed by atoms with Gasteiger partial charge < -0.3 is 20.5 Å². The second-order valence-electron chi connectivity index (χ2n) is 5.43. The molecule has 2 atom stereocenters. The number of nitrogens with zero attached hydrogens (tertiary/aromatic N) is 2. The topological polar surface area (TPSA) is 153 Å². The summed E-state index contributed by atoms with van der Waals surface area (Å²) in [6.45, 7) is 0.109. The van der Waals surface area contributed by atoms with Crippen LogP contribution in [0.25, 0.3) is 0 Å². The first kappa shape index (κ1) is 19.7. The molecule has 0 aromatic heterocycles. The molecule has 3 rings (SSSR count). The smallest absolute Gasteiger partial charge is 0.731 e. The molecule has 2 saturated heterocycles. The molecule has 4 amide bonds. The number of nitrogens with two attached hydrogens (primary N) is 1. The second kappa shape index (κ2) is 6.92. The number of rotatable bonds is 3. The Morgan fingerprint density at radius 2 is 1.92 bits per heavy atom. The molecular formula is C13H13N4NaO6S. The van der Waals surface area contributed by atoms with Crippen LogP contribution in [-0.4, -0.2) is 58.6 Å². The number of para-hydroxylation sites is 1. The average molecular weight is 376 g/mol. The third-order valence-electron chi connectivity index (χ3n) is 4.07. The molecule has 1 aromatic carbocycles. The van der Waals surface area contributed by atoms with Crippen molar-refractivity contribution in [3.8, 4) is 0 Å². The number of benzene rings is 1. The molecule has 0 saturated carbocycles. The van der Waals surface area contributed by atoms with Crippen LogP contribution in [0.4, 0.5) is 10.5 Å². The zero-order chi connectivity index (χ0) is 17.6. The standard InChI is InChI=1S/C13H14N4O6S.Na/c14-11(18)7-3-1-2-4-8(7)15-13(20)16-6-5-9-10(16)12(19)17(9)24(21,22)23;/h1-4,9-10H,5-6H2,(H2,14,18)(H,15,20)(H,21,22,23);/q;+1/p-1/t9-,10+;/m1./s1.